The molecule has 1 fully saturated rings. The van der Waals surface area contributed by atoms with Crippen LogP contribution in [0.25, 0.3) is 0 Å². The van der Waals surface area contributed by atoms with Gasteiger partial charge in [-0.2, -0.15) is 5.10 Å². The summed E-state index contributed by atoms with van der Waals surface area (Å²) in [6, 6.07) is 7.27. The van der Waals surface area contributed by atoms with Gasteiger partial charge >= 0.3 is 6.03 Å². The van der Waals surface area contributed by atoms with Crippen molar-refractivity contribution in [3.05, 3.63) is 42.2 Å². The maximum Gasteiger partial charge on any atom is 0.319 e. The number of aliphatic hydroxyl groups excluding tert-OH is 1. The highest BCUT2D eigenvalue weighted by Crippen LogP contribution is 2.18. The van der Waals surface area contributed by atoms with E-state index in [1.54, 1.807) is 24.2 Å². The van der Waals surface area contributed by atoms with Gasteiger partial charge in [0.05, 0.1) is 37.7 Å². The minimum absolute atomic E-state index is 0.178. The third-order valence-electron chi connectivity index (χ3n) is 4.44. The van der Waals surface area contributed by atoms with Crippen LogP contribution in [-0.2, 0) is 6.54 Å². The Bertz CT molecular complexity index is 699. The van der Waals surface area contributed by atoms with Crippen molar-refractivity contribution in [3.8, 4) is 5.75 Å². The molecule has 0 bridgehead atoms. The summed E-state index contributed by atoms with van der Waals surface area (Å²) in [7, 11) is 1.64. The highest BCUT2D eigenvalue weighted by Gasteiger charge is 2.24. The number of ether oxygens (including phenoxy) is 1. The summed E-state index contributed by atoms with van der Waals surface area (Å²) in [5, 5.41) is 19.8. The Balaban J connectivity index is 1.52. The molecule has 2 atom stereocenters. The molecule has 1 aromatic heterocycles. The first kappa shape index (κ1) is 17.3. The Kier molecular flexibility index (Phi) is 5.55. The number of benzene rings is 1. The van der Waals surface area contributed by atoms with Crippen molar-refractivity contribution in [2.45, 2.75) is 44.4 Å². The first-order chi connectivity index (χ1) is 12.1. The lowest BCUT2D eigenvalue weighted by atomic mass is 9.93. The zero-order valence-corrected chi connectivity index (χ0v) is 14.3. The van der Waals surface area contributed by atoms with Gasteiger partial charge in [0.15, 0.2) is 0 Å². The second kappa shape index (κ2) is 8.02. The van der Waals surface area contributed by atoms with E-state index in [4.69, 9.17) is 4.74 Å². The van der Waals surface area contributed by atoms with Gasteiger partial charge in [-0.25, -0.2) is 4.79 Å². The van der Waals surface area contributed by atoms with E-state index >= 15 is 0 Å². The third kappa shape index (κ3) is 4.73. The fraction of sp³-hybridized carbons (Fsp3) is 0.444. The molecular formula is C18H24N4O3. The minimum atomic E-state index is -0.461. The summed E-state index contributed by atoms with van der Waals surface area (Å²) in [5.41, 5.74) is 1.71. The summed E-state index contributed by atoms with van der Waals surface area (Å²) < 4.78 is 6.90. The molecule has 2 aromatic rings. The van der Waals surface area contributed by atoms with Crippen LogP contribution in [0.5, 0.6) is 5.75 Å². The fourth-order valence-corrected chi connectivity index (χ4v) is 3.05. The van der Waals surface area contributed by atoms with E-state index in [2.05, 4.69) is 15.7 Å². The number of carbonyl (C=O) groups excluding carboxylic acids is 1. The second-order valence-electron chi connectivity index (χ2n) is 6.33. The van der Waals surface area contributed by atoms with Gasteiger partial charge < -0.3 is 20.5 Å². The van der Waals surface area contributed by atoms with Gasteiger partial charge in [0.1, 0.15) is 5.75 Å². The maximum atomic E-state index is 12.1. The molecule has 7 heteroatoms. The van der Waals surface area contributed by atoms with Gasteiger partial charge in [-0.3, -0.25) is 4.68 Å². The molecule has 0 unspecified atom stereocenters. The van der Waals surface area contributed by atoms with E-state index < -0.39 is 6.10 Å². The summed E-state index contributed by atoms with van der Waals surface area (Å²) in [6.07, 6.45) is 6.52. The quantitative estimate of drug-likeness (QED) is 0.777. The van der Waals surface area contributed by atoms with Crippen LogP contribution in [0.3, 0.4) is 0 Å². The topological polar surface area (TPSA) is 88.4 Å². The van der Waals surface area contributed by atoms with Crippen LogP contribution in [0.15, 0.2) is 36.7 Å². The molecule has 0 saturated heterocycles. The van der Waals surface area contributed by atoms with Crippen LogP contribution >= 0.6 is 0 Å². The molecule has 1 aromatic carbocycles. The molecule has 1 heterocycles. The number of nitrogens with zero attached hydrogens (tertiary/aromatic N) is 2. The lowest BCUT2D eigenvalue weighted by molar-refractivity contribution is 0.0955. The van der Waals surface area contributed by atoms with E-state index in [1.807, 2.05) is 24.3 Å². The number of carbonyl (C=O) groups is 1. The van der Waals surface area contributed by atoms with Crippen molar-refractivity contribution in [2.24, 2.45) is 0 Å². The lowest BCUT2D eigenvalue weighted by Crippen LogP contribution is -2.46. The predicted octanol–water partition coefficient (Wildman–Crippen LogP) is 2.37. The average Bonchev–Trinajstić information content (AvgIpc) is 3.04. The highest BCUT2D eigenvalue weighted by atomic mass is 16.5. The SMILES string of the molecule is COc1ccc(Cn2cc(NC(=O)N[C@@H]3CCCC[C@H]3O)cn2)cc1. The number of anilines is 1. The molecule has 0 radical (unpaired) electrons. The van der Waals surface area contributed by atoms with Crippen molar-refractivity contribution < 1.29 is 14.6 Å². The molecule has 1 aliphatic carbocycles. The van der Waals surface area contributed by atoms with Gasteiger partial charge in [-0.15, -0.1) is 0 Å². The minimum Gasteiger partial charge on any atom is -0.497 e. The molecule has 25 heavy (non-hydrogen) atoms. The number of rotatable bonds is 5. The van der Waals surface area contributed by atoms with Crippen LogP contribution < -0.4 is 15.4 Å². The second-order valence-corrected chi connectivity index (χ2v) is 6.33. The van der Waals surface area contributed by atoms with Crippen molar-refractivity contribution in [1.82, 2.24) is 15.1 Å². The van der Waals surface area contributed by atoms with Crippen LogP contribution in [0, 0.1) is 0 Å². The molecule has 0 aliphatic heterocycles. The van der Waals surface area contributed by atoms with Gasteiger partial charge in [-0.05, 0) is 30.5 Å². The molecule has 2 amide bonds. The third-order valence-corrected chi connectivity index (χ3v) is 4.44. The van der Waals surface area contributed by atoms with Gasteiger partial charge in [0.25, 0.3) is 0 Å². The van der Waals surface area contributed by atoms with Crippen LogP contribution in [-0.4, -0.2) is 40.2 Å². The fourth-order valence-electron chi connectivity index (χ4n) is 3.05. The first-order valence-corrected chi connectivity index (χ1v) is 8.55. The Labute approximate surface area is 147 Å². The number of hydrogen-bond donors (Lipinski definition) is 3. The Morgan fingerprint density at radius 3 is 2.80 bits per heavy atom. The van der Waals surface area contributed by atoms with Crippen LogP contribution in [0.2, 0.25) is 0 Å². The zero-order chi connectivity index (χ0) is 17.6. The molecule has 1 aliphatic rings. The van der Waals surface area contributed by atoms with E-state index in [1.165, 1.54) is 0 Å². The summed E-state index contributed by atoms with van der Waals surface area (Å²) >= 11 is 0. The number of amides is 2. The number of aromatic nitrogens is 2. The molecule has 0 spiro atoms. The largest absolute Gasteiger partial charge is 0.497 e. The summed E-state index contributed by atoms with van der Waals surface area (Å²) in [4.78, 5) is 12.1. The number of hydrogen-bond acceptors (Lipinski definition) is 4. The highest BCUT2D eigenvalue weighted by molar-refractivity contribution is 5.89. The van der Waals surface area contributed by atoms with Gasteiger partial charge in [-0.1, -0.05) is 25.0 Å². The van der Waals surface area contributed by atoms with Crippen LogP contribution in [0.1, 0.15) is 31.2 Å². The summed E-state index contributed by atoms with van der Waals surface area (Å²) in [6.45, 7) is 0.606. The number of urea groups is 1. The van der Waals surface area contributed by atoms with E-state index in [0.29, 0.717) is 12.2 Å². The standard InChI is InChI=1S/C18H24N4O3/c1-25-15-8-6-13(7-9-15)11-22-12-14(10-19-22)20-18(24)21-16-4-2-3-5-17(16)23/h6-10,12,16-17,23H,2-5,11H2,1H3,(H2,20,21,24)/t16-,17-/m1/s1. The van der Waals surface area contributed by atoms with Crippen molar-refractivity contribution in [3.63, 3.8) is 0 Å². The van der Waals surface area contributed by atoms with E-state index in [-0.39, 0.29) is 12.1 Å². The maximum absolute atomic E-state index is 12.1. The Morgan fingerprint density at radius 2 is 2.08 bits per heavy atom. The van der Waals surface area contributed by atoms with E-state index in [0.717, 1.165) is 37.0 Å². The molecular weight excluding hydrogens is 320 g/mol. The first-order valence-electron chi connectivity index (χ1n) is 8.55. The Hall–Kier alpha value is -2.54. The van der Waals surface area contributed by atoms with Crippen LogP contribution in [0.4, 0.5) is 10.5 Å². The monoisotopic (exact) mass is 344 g/mol. The Morgan fingerprint density at radius 1 is 1.32 bits per heavy atom. The van der Waals surface area contributed by atoms with Crippen molar-refractivity contribution >= 4 is 11.7 Å². The normalized spacial score (nSPS) is 20.1. The number of nitrogens with one attached hydrogen (secondary N) is 2. The zero-order valence-electron chi connectivity index (χ0n) is 14.3. The average molecular weight is 344 g/mol. The van der Waals surface area contributed by atoms with Gasteiger partial charge in [0, 0.05) is 6.20 Å². The lowest BCUT2D eigenvalue weighted by Gasteiger charge is -2.28. The predicted molar refractivity (Wildman–Crippen MR) is 94.7 cm³/mol. The molecule has 7 nitrogen and oxygen atoms in total. The molecule has 3 rings (SSSR count). The molecule has 1 saturated carbocycles. The van der Waals surface area contributed by atoms with Crippen molar-refractivity contribution in [1.29, 1.82) is 0 Å². The van der Waals surface area contributed by atoms with E-state index in [9.17, 15) is 9.90 Å². The van der Waals surface area contributed by atoms with Gasteiger partial charge in [0.2, 0.25) is 0 Å². The van der Waals surface area contributed by atoms with Crippen molar-refractivity contribution in [2.75, 3.05) is 12.4 Å². The number of methoxy groups -OCH3 is 1. The summed E-state index contributed by atoms with van der Waals surface area (Å²) in [5.74, 6) is 0.813. The molecule has 134 valence electrons. The smallest absolute Gasteiger partial charge is 0.319 e. The number of aliphatic hydroxyl groups is 1. The molecule has 3 N–H and O–H groups in total.